The van der Waals surface area contributed by atoms with Crippen LogP contribution in [0.25, 0.3) is 21.9 Å². The summed E-state index contributed by atoms with van der Waals surface area (Å²) >= 11 is 0. The summed E-state index contributed by atoms with van der Waals surface area (Å²) in [4.78, 5) is 11.8. The van der Waals surface area contributed by atoms with Gasteiger partial charge in [0.1, 0.15) is 6.61 Å². The topological polar surface area (TPSA) is 83.9 Å². The van der Waals surface area contributed by atoms with Gasteiger partial charge in [0.15, 0.2) is 0 Å². The minimum Gasteiger partial charge on any atom is -0.461 e. The summed E-state index contributed by atoms with van der Waals surface area (Å²) in [5.41, 5.74) is 6.20. The molecule has 5 rings (SSSR count). The summed E-state index contributed by atoms with van der Waals surface area (Å²) < 4.78 is 33.9. The third-order valence-corrected chi connectivity index (χ3v) is 8.51. The van der Waals surface area contributed by atoms with Crippen molar-refractivity contribution in [1.82, 2.24) is 4.31 Å². The van der Waals surface area contributed by atoms with E-state index in [0.717, 1.165) is 49.7 Å². The molecule has 4 aromatic rings. The van der Waals surface area contributed by atoms with Crippen molar-refractivity contribution in [2.75, 3.05) is 0 Å². The van der Waals surface area contributed by atoms with Gasteiger partial charge in [-0.05, 0) is 69.3 Å². The highest BCUT2D eigenvalue weighted by atomic mass is 32.2. The minimum absolute atomic E-state index is 0.113. The van der Waals surface area contributed by atoms with Crippen LogP contribution in [0.5, 0.6) is 0 Å². The second-order valence-electron chi connectivity index (χ2n) is 9.08. The molecule has 7 heteroatoms. The summed E-state index contributed by atoms with van der Waals surface area (Å²) in [6, 6.07) is 22.3. The molecular weight excluding hydrogens is 474 g/mol. The number of rotatable bonds is 6. The lowest BCUT2D eigenvalue weighted by Crippen LogP contribution is -2.25. The van der Waals surface area contributed by atoms with Gasteiger partial charge in [0.2, 0.25) is 10.0 Å². The van der Waals surface area contributed by atoms with Crippen LogP contribution in [0.4, 0.5) is 0 Å². The summed E-state index contributed by atoms with van der Waals surface area (Å²) in [5.74, 6) is -0.370. The molecule has 1 aliphatic rings. The van der Waals surface area contributed by atoms with Gasteiger partial charge >= 0.3 is 5.97 Å². The normalized spacial score (nSPS) is 13.6. The van der Waals surface area contributed by atoms with Crippen LogP contribution >= 0.6 is 0 Å². The van der Waals surface area contributed by atoms with Gasteiger partial charge in [-0.25, -0.2) is 8.42 Å². The van der Waals surface area contributed by atoms with Gasteiger partial charge in [0.05, 0.1) is 11.5 Å². The first-order valence-corrected chi connectivity index (χ1v) is 13.2. The standard InChI is InChI=1S/C29H27NO5S/c1-19-10-12-24(13-11-19)36(33,34)30-15-23-14-27-21(17-31)7-5-9-26(27)29(28(23)16-30)25-8-4-3-6-22(25)18-35-20(2)32/h3-14,31H,15-18H2,1-2H3. The SMILES string of the molecule is CC(=O)OCc1ccccc1-c1c2c(cc3c(CO)cccc13)CN(S(=O)(=O)c1ccc(C)cc1)C2. The number of benzene rings is 4. The van der Waals surface area contributed by atoms with E-state index in [1.54, 1.807) is 24.3 Å². The monoisotopic (exact) mass is 501 g/mol. The Balaban J connectivity index is 1.70. The Kier molecular flexibility index (Phi) is 6.38. The highest BCUT2D eigenvalue weighted by Crippen LogP contribution is 2.42. The molecule has 0 amide bonds. The summed E-state index contributed by atoms with van der Waals surface area (Å²) in [7, 11) is -3.71. The number of aryl methyl sites for hydroxylation is 1. The molecule has 36 heavy (non-hydrogen) atoms. The largest absolute Gasteiger partial charge is 0.461 e. The second kappa shape index (κ2) is 9.50. The average Bonchev–Trinajstić information content (AvgIpc) is 3.31. The predicted octanol–water partition coefficient (Wildman–Crippen LogP) is 5.08. The first-order chi connectivity index (χ1) is 17.3. The fourth-order valence-corrected chi connectivity index (χ4v) is 6.26. The maximum atomic E-state index is 13.6. The highest BCUT2D eigenvalue weighted by Gasteiger charge is 2.33. The number of sulfonamides is 1. The van der Waals surface area contributed by atoms with Gasteiger partial charge in [-0.3, -0.25) is 4.79 Å². The molecule has 1 heterocycles. The number of ether oxygens (including phenoxy) is 1. The predicted molar refractivity (Wildman–Crippen MR) is 138 cm³/mol. The molecule has 0 spiro atoms. The smallest absolute Gasteiger partial charge is 0.302 e. The van der Waals surface area contributed by atoms with E-state index in [0.29, 0.717) is 0 Å². The zero-order chi connectivity index (χ0) is 25.4. The van der Waals surface area contributed by atoms with Crippen molar-refractivity contribution in [3.05, 3.63) is 101 Å². The van der Waals surface area contributed by atoms with Crippen molar-refractivity contribution in [2.45, 2.75) is 45.0 Å². The van der Waals surface area contributed by atoms with Crippen LogP contribution in [0.15, 0.2) is 77.7 Å². The number of nitrogens with zero attached hydrogens (tertiary/aromatic N) is 1. The molecule has 4 aromatic carbocycles. The van der Waals surface area contributed by atoms with E-state index in [9.17, 15) is 18.3 Å². The molecule has 1 aliphatic heterocycles. The number of hydrogen-bond acceptors (Lipinski definition) is 5. The molecule has 0 saturated heterocycles. The number of carbonyl (C=O) groups is 1. The van der Waals surface area contributed by atoms with E-state index in [1.165, 1.54) is 11.2 Å². The van der Waals surface area contributed by atoms with Crippen LogP contribution in [0.1, 0.15) is 34.7 Å². The third kappa shape index (κ3) is 4.30. The zero-order valence-corrected chi connectivity index (χ0v) is 21.0. The third-order valence-electron chi connectivity index (χ3n) is 6.70. The molecule has 0 saturated carbocycles. The Labute approximate surface area is 210 Å². The van der Waals surface area contributed by atoms with Crippen LogP contribution in [0.3, 0.4) is 0 Å². The molecule has 6 nitrogen and oxygen atoms in total. The van der Waals surface area contributed by atoms with Gasteiger partial charge in [0, 0.05) is 20.0 Å². The van der Waals surface area contributed by atoms with Gasteiger partial charge < -0.3 is 9.84 Å². The lowest BCUT2D eigenvalue weighted by atomic mass is 9.87. The number of hydrogen-bond donors (Lipinski definition) is 1. The van der Waals surface area contributed by atoms with Crippen molar-refractivity contribution in [3.63, 3.8) is 0 Å². The zero-order valence-electron chi connectivity index (χ0n) is 20.2. The molecule has 0 fully saturated rings. The number of fused-ring (bicyclic) bond motifs is 2. The summed E-state index contributed by atoms with van der Waals surface area (Å²) in [6.45, 7) is 3.74. The number of esters is 1. The van der Waals surface area contributed by atoms with Crippen LogP contribution in [-0.4, -0.2) is 23.8 Å². The molecule has 0 aromatic heterocycles. The average molecular weight is 502 g/mol. The van der Waals surface area contributed by atoms with Gasteiger partial charge in [-0.1, -0.05) is 60.2 Å². The Bertz CT molecular complexity index is 1580. The lowest BCUT2D eigenvalue weighted by Gasteiger charge is -2.18. The lowest BCUT2D eigenvalue weighted by molar-refractivity contribution is -0.142. The summed E-state index contributed by atoms with van der Waals surface area (Å²) in [6.07, 6.45) is 0. The van der Waals surface area contributed by atoms with Crippen molar-refractivity contribution in [2.24, 2.45) is 0 Å². The molecule has 1 N–H and O–H groups in total. The van der Waals surface area contributed by atoms with Crippen molar-refractivity contribution >= 4 is 26.8 Å². The van der Waals surface area contributed by atoms with Crippen LogP contribution in [0.2, 0.25) is 0 Å². The Morgan fingerprint density at radius 3 is 2.39 bits per heavy atom. The Morgan fingerprint density at radius 1 is 0.944 bits per heavy atom. The number of aliphatic hydroxyl groups is 1. The van der Waals surface area contributed by atoms with Crippen molar-refractivity contribution in [3.8, 4) is 11.1 Å². The van der Waals surface area contributed by atoms with E-state index in [1.807, 2.05) is 55.5 Å². The van der Waals surface area contributed by atoms with E-state index < -0.39 is 10.0 Å². The Morgan fingerprint density at radius 2 is 1.67 bits per heavy atom. The van der Waals surface area contributed by atoms with Crippen LogP contribution < -0.4 is 0 Å². The fourth-order valence-electron chi connectivity index (χ4n) is 4.87. The van der Waals surface area contributed by atoms with Crippen molar-refractivity contribution < 1.29 is 23.1 Å². The molecule has 184 valence electrons. The first-order valence-electron chi connectivity index (χ1n) is 11.7. The molecular formula is C29H27NO5S. The minimum atomic E-state index is -3.71. The second-order valence-corrected chi connectivity index (χ2v) is 11.0. The number of carbonyl (C=O) groups excluding carboxylic acids is 1. The molecule has 0 bridgehead atoms. The quantitative estimate of drug-likeness (QED) is 0.373. The van der Waals surface area contributed by atoms with Crippen LogP contribution in [-0.2, 0) is 45.9 Å². The maximum absolute atomic E-state index is 13.6. The molecule has 0 radical (unpaired) electrons. The Hall–Kier alpha value is -3.52. The summed E-state index contributed by atoms with van der Waals surface area (Å²) in [5, 5.41) is 11.8. The molecule has 0 aliphatic carbocycles. The van der Waals surface area contributed by atoms with Crippen molar-refractivity contribution in [1.29, 1.82) is 0 Å². The first kappa shape index (κ1) is 24.2. The van der Waals surface area contributed by atoms with E-state index in [4.69, 9.17) is 4.74 Å². The molecule has 0 atom stereocenters. The highest BCUT2D eigenvalue weighted by molar-refractivity contribution is 7.89. The van der Waals surface area contributed by atoms with E-state index >= 15 is 0 Å². The van der Waals surface area contributed by atoms with Gasteiger partial charge in [0.25, 0.3) is 0 Å². The van der Waals surface area contributed by atoms with Gasteiger partial charge in [-0.15, -0.1) is 0 Å². The maximum Gasteiger partial charge on any atom is 0.302 e. The number of aliphatic hydroxyl groups excluding tert-OH is 1. The van der Waals surface area contributed by atoms with Crippen LogP contribution in [0, 0.1) is 6.92 Å². The fraction of sp³-hybridized carbons (Fsp3) is 0.207. The van der Waals surface area contributed by atoms with E-state index in [2.05, 4.69) is 0 Å². The van der Waals surface area contributed by atoms with Gasteiger partial charge in [-0.2, -0.15) is 4.31 Å². The molecule has 0 unspecified atom stereocenters. The van der Waals surface area contributed by atoms with E-state index in [-0.39, 0.29) is 37.2 Å².